The zero-order valence-corrected chi connectivity index (χ0v) is 23.3. The van der Waals surface area contributed by atoms with Gasteiger partial charge in [0.1, 0.15) is 23.9 Å². The summed E-state index contributed by atoms with van der Waals surface area (Å²) in [5.74, 6) is -3.44. The van der Waals surface area contributed by atoms with Crippen LogP contribution in [0.5, 0.6) is 5.75 Å². The van der Waals surface area contributed by atoms with E-state index in [1.165, 1.54) is 12.1 Å². The summed E-state index contributed by atoms with van der Waals surface area (Å²) < 4.78 is 0. The fraction of sp³-hybridized carbons (Fsp3) is 0.370. The highest BCUT2D eigenvalue weighted by atomic mass is 32.1. The van der Waals surface area contributed by atoms with Crippen LogP contribution < -0.4 is 33.2 Å². The molecule has 0 aliphatic heterocycles. The quantitative estimate of drug-likeness (QED) is 0.0507. The van der Waals surface area contributed by atoms with Crippen LogP contribution in [0.15, 0.2) is 59.6 Å². The molecule has 0 saturated heterocycles. The Labute approximate surface area is 243 Å². The van der Waals surface area contributed by atoms with Crippen LogP contribution in [0, 0.1) is 0 Å². The molecule has 0 aliphatic carbocycles. The molecule has 11 N–H and O–H groups in total. The molecule has 0 aliphatic rings. The molecule has 0 spiro atoms. The van der Waals surface area contributed by atoms with E-state index in [0.29, 0.717) is 17.5 Å². The number of aliphatic carboxylic acids is 1. The van der Waals surface area contributed by atoms with Crippen molar-refractivity contribution in [2.45, 2.75) is 49.9 Å². The average molecular weight is 588 g/mol. The number of phenolic OH excluding ortho intramolecular Hbond substituents is 1. The van der Waals surface area contributed by atoms with Gasteiger partial charge < -0.3 is 43.4 Å². The average Bonchev–Trinajstić information content (AvgIpc) is 2.94. The largest absolute Gasteiger partial charge is 0.508 e. The molecule has 0 saturated carbocycles. The lowest BCUT2D eigenvalue weighted by molar-refractivity contribution is -0.142. The van der Waals surface area contributed by atoms with Gasteiger partial charge in [-0.3, -0.25) is 19.4 Å². The predicted molar refractivity (Wildman–Crippen MR) is 157 cm³/mol. The Bertz CT molecular complexity index is 1190. The number of hydrogen-bond donors (Lipinski definition) is 9. The lowest BCUT2D eigenvalue weighted by Crippen LogP contribution is -2.58. The number of nitrogens with one attached hydrogen (secondary N) is 3. The molecule has 0 bridgehead atoms. The first-order valence-electron chi connectivity index (χ1n) is 12.9. The van der Waals surface area contributed by atoms with Crippen molar-refractivity contribution in [1.29, 1.82) is 0 Å². The van der Waals surface area contributed by atoms with Crippen LogP contribution in [0.1, 0.15) is 24.0 Å². The van der Waals surface area contributed by atoms with Crippen molar-refractivity contribution in [3.63, 3.8) is 0 Å². The maximum atomic E-state index is 13.2. The molecule has 2 aromatic carbocycles. The molecule has 0 fully saturated rings. The molecular weight excluding hydrogens is 550 g/mol. The number of rotatable bonds is 16. The Morgan fingerprint density at radius 2 is 1.37 bits per heavy atom. The molecule has 4 atom stereocenters. The highest BCUT2D eigenvalue weighted by molar-refractivity contribution is 7.80. The number of aromatic hydroxyl groups is 1. The van der Waals surface area contributed by atoms with Crippen molar-refractivity contribution in [3.8, 4) is 5.75 Å². The van der Waals surface area contributed by atoms with Crippen LogP contribution in [0.4, 0.5) is 0 Å². The van der Waals surface area contributed by atoms with Crippen LogP contribution in [0.3, 0.4) is 0 Å². The summed E-state index contributed by atoms with van der Waals surface area (Å²) >= 11 is 4.16. The van der Waals surface area contributed by atoms with Gasteiger partial charge in [0.25, 0.3) is 0 Å². The van der Waals surface area contributed by atoms with Crippen LogP contribution >= 0.6 is 12.6 Å². The van der Waals surface area contributed by atoms with Crippen molar-refractivity contribution < 1.29 is 29.4 Å². The molecule has 0 radical (unpaired) electrons. The number of carbonyl (C=O) groups excluding carboxylic acids is 3. The van der Waals surface area contributed by atoms with Gasteiger partial charge >= 0.3 is 5.97 Å². The number of hydrogen-bond acceptors (Lipinski definition) is 8. The molecule has 14 heteroatoms. The number of nitrogens with zero attached hydrogens (tertiary/aromatic N) is 1. The zero-order chi connectivity index (χ0) is 30.4. The first kappa shape index (κ1) is 32.9. The number of benzene rings is 2. The second-order valence-corrected chi connectivity index (χ2v) is 9.69. The van der Waals surface area contributed by atoms with E-state index in [4.69, 9.17) is 17.2 Å². The summed E-state index contributed by atoms with van der Waals surface area (Å²) in [4.78, 5) is 54.7. The fourth-order valence-electron chi connectivity index (χ4n) is 3.82. The van der Waals surface area contributed by atoms with Crippen LogP contribution in [-0.4, -0.2) is 76.3 Å². The number of phenols is 1. The van der Waals surface area contributed by atoms with Gasteiger partial charge in [0, 0.05) is 18.7 Å². The summed E-state index contributed by atoms with van der Waals surface area (Å²) in [5, 5.41) is 26.7. The standard InChI is InChI=1S/C27H37N7O6S/c28-19(13-17-8-10-18(35)11-9-17)23(36)34-22(15-41)25(38)32-20(7-4-12-31-27(29)30)24(37)33-21(26(39)40)14-16-5-2-1-3-6-16/h1-3,5-6,8-11,19-22,35,41H,4,7,12-15,28H2,(H,32,38)(H,33,37)(H,34,36)(H,39,40)(H4,29,30,31). The second-order valence-electron chi connectivity index (χ2n) is 9.32. The summed E-state index contributed by atoms with van der Waals surface area (Å²) in [6, 6.07) is 10.4. The molecule has 2 rings (SSSR count). The Kier molecular flexibility index (Phi) is 13.4. The molecule has 41 heavy (non-hydrogen) atoms. The number of carboxylic acids is 1. The summed E-state index contributed by atoms with van der Waals surface area (Å²) in [6.07, 6.45) is 0.563. The smallest absolute Gasteiger partial charge is 0.326 e. The first-order chi connectivity index (χ1) is 19.5. The van der Waals surface area contributed by atoms with Gasteiger partial charge in [0.15, 0.2) is 5.96 Å². The van der Waals surface area contributed by atoms with Gasteiger partial charge in [-0.25, -0.2) is 4.79 Å². The Balaban J connectivity index is 2.09. The minimum atomic E-state index is -1.25. The number of amides is 3. The van der Waals surface area contributed by atoms with E-state index in [1.807, 2.05) is 0 Å². The molecule has 222 valence electrons. The SMILES string of the molecule is NC(N)=NCCCC(NC(=O)C(CS)NC(=O)C(N)Cc1ccc(O)cc1)C(=O)NC(Cc1ccccc1)C(=O)O. The van der Waals surface area contributed by atoms with Crippen molar-refractivity contribution >= 4 is 42.3 Å². The van der Waals surface area contributed by atoms with Crippen molar-refractivity contribution in [2.24, 2.45) is 22.2 Å². The van der Waals surface area contributed by atoms with Gasteiger partial charge in [-0.2, -0.15) is 12.6 Å². The normalized spacial score (nSPS) is 13.6. The fourth-order valence-corrected chi connectivity index (χ4v) is 4.08. The van der Waals surface area contributed by atoms with Crippen LogP contribution in [-0.2, 0) is 32.0 Å². The number of nitrogens with two attached hydrogens (primary N) is 3. The van der Waals surface area contributed by atoms with Gasteiger partial charge in [0.05, 0.1) is 6.04 Å². The second kappa shape index (κ2) is 16.7. The molecule has 3 amide bonds. The van der Waals surface area contributed by atoms with E-state index >= 15 is 0 Å². The third-order valence-corrected chi connectivity index (χ3v) is 6.38. The van der Waals surface area contributed by atoms with Gasteiger partial charge in [-0.05, 0) is 42.5 Å². The van der Waals surface area contributed by atoms with Crippen molar-refractivity contribution in [3.05, 3.63) is 65.7 Å². The maximum absolute atomic E-state index is 13.2. The zero-order valence-electron chi connectivity index (χ0n) is 22.4. The summed E-state index contributed by atoms with van der Waals surface area (Å²) in [6.45, 7) is 0.174. The van der Waals surface area contributed by atoms with Gasteiger partial charge in [0.2, 0.25) is 17.7 Å². The molecule has 4 unspecified atom stereocenters. The number of guanidine groups is 1. The topological polar surface area (TPSA) is 235 Å². The molecule has 2 aromatic rings. The van der Waals surface area contributed by atoms with Gasteiger partial charge in [-0.1, -0.05) is 42.5 Å². The molecular formula is C27H37N7O6S. The monoisotopic (exact) mass is 587 g/mol. The van der Waals surface area contributed by atoms with Crippen molar-refractivity contribution in [2.75, 3.05) is 12.3 Å². The first-order valence-corrected chi connectivity index (χ1v) is 13.5. The highest BCUT2D eigenvalue weighted by Gasteiger charge is 2.30. The highest BCUT2D eigenvalue weighted by Crippen LogP contribution is 2.11. The van der Waals surface area contributed by atoms with Crippen molar-refractivity contribution in [1.82, 2.24) is 16.0 Å². The lowest BCUT2D eigenvalue weighted by atomic mass is 10.0. The minimum absolute atomic E-state index is 0.0326. The number of aliphatic imine (C=N–C) groups is 1. The maximum Gasteiger partial charge on any atom is 0.326 e. The van der Waals surface area contributed by atoms with E-state index in [0.717, 1.165) is 0 Å². The number of carbonyl (C=O) groups is 4. The molecule has 0 heterocycles. The van der Waals surface area contributed by atoms with Crippen LogP contribution in [0.2, 0.25) is 0 Å². The Hall–Kier alpha value is -4.30. The van der Waals surface area contributed by atoms with Gasteiger partial charge in [-0.15, -0.1) is 0 Å². The minimum Gasteiger partial charge on any atom is -0.508 e. The van der Waals surface area contributed by atoms with Crippen LogP contribution in [0.25, 0.3) is 0 Å². The lowest BCUT2D eigenvalue weighted by Gasteiger charge is -2.24. The third kappa shape index (κ3) is 11.8. The third-order valence-electron chi connectivity index (χ3n) is 6.02. The number of thiol groups is 1. The summed E-state index contributed by atoms with van der Waals surface area (Å²) in [5.41, 5.74) is 18.1. The van der Waals surface area contributed by atoms with E-state index in [-0.39, 0.29) is 43.3 Å². The molecule has 13 nitrogen and oxygen atoms in total. The predicted octanol–water partition coefficient (Wildman–Crippen LogP) is -0.973. The Morgan fingerprint density at radius 1 is 0.805 bits per heavy atom. The summed E-state index contributed by atoms with van der Waals surface area (Å²) in [7, 11) is 0. The Morgan fingerprint density at radius 3 is 1.95 bits per heavy atom. The van der Waals surface area contributed by atoms with E-state index in [9.17, 15) is 29.4 Å². The van der Waals surface area contributed by atoms with E-state index in [1.54, 1.807) is 42.5 Å². The number of carboxylic acid groups (broad SMARTS) is 1. The van der Waals surface area contributed by atoms with E-state index < -0.39 is 47.9 Å². The molecule has 0 aromatic heterocycles. The van der Waals surface area contributed by atoms with E-state index in [2.05, 4.69) is 33.6 Å².